The number of aliphatic carboxylic acids is 1. The molecule has 0 aromatic heterocycles. The van der Waals surface area contributed by atoms with Gasteiger partial charge in [0.25, 0.3) is 0 Å². The van der Waals surface area contributed by atoms with Crippen LogP contribution in [0.1, 0.15) is 6.42 Å². The van der Waals surface area contributed by atoms with E-state index in [9.17, 15) is 9.59 Å². The van der Waals surface area contributed by atoms with Gasteiger partial charge in [-0.25, -0.2) is 0 Å². The standard InChI is InChI=1S/C12H16N2O3/c1-14(8-7-12(16)17)11(15)9-13-10-5-3-2-4-6-10/h2-6,13H,7-9H2,1H3,(H,16,17). The summed E-state index contributed by atoms with van der Waals surface area (Å²) in [4.78, 5) is 23.4. The molecule has 0 spiro atoms. The van der Waals surface area contributed by atoms with Crippen molar-refractivity contribution >= 4 is 17.6 Å². The van der Waals surface area contributed by atoms with Gasteiger partial charge >= 0.3 is 5.97 Å². The Balaban J connectivity index is 2.32. The highest BCUT2D eigenvalue weighted by molar-refractivity contribution is 5.81. The molecule has 0 aliphatic carbocycles. The van der Waals surface area contributed by atoms with Gasteiger partial charge in [-0.15, -0.1) is 0 Å². The number of hydrogen-bond acceptors (Lipinski definition) is 3. The summed E-state index contributed by atoms with van der Waals surface area (Å²) in [5.41, 5.74) is 0.868. The third-order valence-corrected chi connectivity index (χ3v) is 2.30. The molecular formula is C12H16N2O3. The minimum Gasteiger partial charge on any atom is -0.481 e. The third kappa shape index (κ3) is 5.01. The second-order valence-corrected chi connectivity index (χ2v) is 3.68. The minimum absolute atomic E-state index is 0.0341. The van der Waals surface area contributed by atoms with Crippen LogP contribution in [0.5, 0.6) is 0 Å². The molecule has 0 fully saturated rings. The predicted molar refractivity (Wildman–Crippen MR) is 64.8 cm³/mol. The lowest BCUT2D eigenvalue weighted by atomic mass is 10.3. The highest BCUT2D eigenvalue weighted by Crippen LogP contribution is 2.04. The number of hydrogen-bond donors (Lipinski definition) is 2. The van der Waals surface area contributed by atoms with Gasteiger partial charge in [0, 0.05) is 19.3 Å². The van der Waals surface area contributed by atoms with Gasteiger partial charge < -0.3 is 15.3 Å². The lowest BCUT2D eigenvalue weighted by Crippen LogP contribution is -2.33. The molecule has 0 bridgehead atoms. The van der Waals surface area contributed by atoms with Gasteiger partial charge in [-0.3, -0.25) is 9.59 Å². The molecule has 0 atom stereocenters. The van der Waals surface area contributed by atoms with Crippen LogP contribution in [-0.4, -0.2) is 42.0 Å². The van der Waals surface area contributed by atoms with E-state index >= 15 is 0 Å². The van der Waals surface area contributed by atoms with Crippen molar-refractivity contribution < 1.29 is 14.7 Å². The molecule has 17 heavy (non-hydrogen) atoms. The van der Waals surface area contributed by atoms with Gasteiger partial charge in [0.05, 0.1) is 13.0 Å². The summed E-state index contributed by atoms with van der Waals surface area (Å²) < 4.78 is 0. The average Bonchev–Trinajstić information content (AvgIpc) is 2.34. The number of anilines is 1. The van der Waals surface area contributed by atoms with Crippen LogP contribution in [0.4, 0.5) is 5.69 Å². The number of carbonyl (C=O) groups is 2. The summed E-state index contributed by atoms with van der Waals surface area (Å²) in [6.07, 6.45) is -0.0341. The van der Waals surface area contributed by atoms with E-state index < -0.39 is 5.97 Å². The molecule has 1 aromatic rings. The molecule has 0 saturated heterocycles. The summed E-state index contributed by atoms with van der Waals surface area (Å²) in [6.45, 7) is 0.394. The molecule has 0 unspecified atom stereocenters. The van der Waals surface area contributed by atoms with Gasteiger partial charge in [0.15, 0.2) is 0 Å². The number of nitrogens with zero attached hydrogens (tertiary/aromatic N) is 1. The average molecular weight is 236 g/mol. The van der Waals surface area contributed by atoms with Crippen LogP contribution in [0.15, 0.2) is 30.3 Å². The van der Waals surface area contributed by atoms with E-state index in [1.165, 1.54) is 4.90 Å². The number of benzene rings is 1. The summed E-state index contributed by atoms with van der Waals surface area (Å²) in [5, 5.41) is 11.5. The highest BCUT2D eigenvalue weighted by atomic mass is 16.4. The quantitative estimate of drug-likeness (QED) is 0.774. The van der Waals surface area contributed by atoms with Crippen molar-refractivity contribution in [1.29, 1.82) is 0 Å². The zero-order valence-electron chi connectivity index (χ0n) is 9.72. The lowest BCUT2D eigenvalue weighted by Gasteiger charge is -2.16. The van der Waals surface area contributed by atoms with Crippen LogP contribution < -0.4 is 5.32 Å². The van der Waals surface area contributed by atoms with E-state index in [1.54, 1.807) is 7.05 Å². The molecule has 0 heterocycles. The number of nitrogens with one attached hydrogen (secondary N) is 1. The van der Waals surface area contributed by atoms with Crippen LogP contribution in [0.3, 0.4) is 0 Å². The van der Waals surface area contributed by atoms with Crippen molar-refractivity contribution in [2.75, 3.05) is 25.5 Å². The van der Waals surface area contributed by atoms with Crippen LogP contribution in [0.2, 0.25) is 0 Å². The monoisotopic (exact) mass is 236 g/mol. The Kier molecular flexibility index (Phi) is 5.00. The van der Waals surface area contributed by atoms with Gasteiger partial charge in [-0.1, -0.05) is 18.2 Å². The maximum absolute atomic E-state index is 11.6. The molecule has 5 nitrogen and oxygen atoms in total. The molecule has 0 saturated carbocycles. The van der Waals surface area contributed by atoms with Crippen molar-refractivity contribution in [2.45, 2.75) is 6.42 Å². The number of carboxylic acid groups (broad SMARTS) is 1. The Labute approximate surface area is 100 Å². The van der Waals surface area contributed by atoms with Crippen molar-refractivity contribution in [3.05, 3.63) is 30.3 Å². The summed E-state index contributed by atoms with van der Waals surface area (Å²) in [5.74, 6) is -1.03. The molecule has 1 aromatic carbocycles. The van der Waals surface area contributed by atoms with Gasteiger partial charge in [0.2, 0.25) is 5.91 Å². The normalized spacial score (nSPS) is 9.71. The van der Waals surface area contributed by atoms with E-state index in [2.05, 4.69) is 5.32 Å². The molecular weight excluding hydrogens is 220 g/mol. The smallest absolute Gasteiger partial charge is 0.305 e. The lowest BCUT2D eigenvalue weighted by molar-refractivity contribution is -0.138. The molecule has 1 amide bonds. The summed E-state index contributed by atoms with van der Waals surface area (Å²) in [6, 6.07) is 9.38. The number of para-hydroxylation sites is 1. The van der Waals surface area contributed by atoms with E-state index in [1.807, 2.05) is 30.3 Å². The number of carboxylic acids is 1. The molecule has 1 rings (SSSR count). The largest absolute Gasteiger partial charge is 0.481 e. The number of likely N-dealkylation sites (N-methyl/N-ethyl adjacent to an activating group) is 1. The maximum Gasteiger partial charge on any atom is 0.305 e. The highest BCUT2D eigenvalue weighted by Gasteiger charge is 2.09. The molecule has 0 aliphatic heterocycles. The van der Waals surface area contributed by atoms with Crippen molar-refractivity contribution in [3.63, 3.8) is 0 Å². The van der Waals surface area contributed by atoms with Crippen molar-refractivity contribution in [2.24, 2.45) is 0 Å². The van der Waals surface area contributed by atoms with Gasteiger partial charge in [-0.05, 0) is 12.1 Å². The molecule has 0 radical (unpaired) electrons. The Bertz CT molecular complexity index is 379. The first-order chi connectivity index (χ1) is 8.09. The fourth-order valence-corrected chi connectivity index (χ4v) is 1.26. The minimum atomic E-state index is -0.902. The Morgan fingerprint density at radius 3 is 2.53 bits per heavy atom. The zero-order valence-corrected chi connectivity index (χ0v) is 9.72. The third-order valence-electron chi connectivity index (χ3n) is 2.30. The van der Waals surface area contributed by atoms with Crippen molar-refractivity contribution in [3.8, 4) is 0 Å². The van der Waals surface area contributed by atoms with E-state index in [0.29, 0.717) is 0 Å². The zero-order chi connectivity index (χ0) is 12.7. The number of amides is 1. The Hall–Kier alpha value is -2.04. The predicted octanol–water partition coefficient (Wildman–Crippen LogP) is 1.03. The topological polar surface area (TPSA) is 69.6 Å². The first-order valence-electron chi connectivity index (χ1n) is 5.34. The van der Waals surface area contributed by atoms with Crippen LogP contribution >= 0.6 is 0 Å². The fourth-order valence-electron chi connectivity index (χ4n) is 1.26. The number of carbonyl (C=O) groups excluding carboxylic acids is 1. The summed E-state index contributed by atoms with van der Waals surface area (Å²) >= 11 is 0. The van der Waals surface area contributed by atoms with E-state index in [0.717, 1.165) is 5.69 Å². The summed E-state index contributed by atoms with van der Waals surface area (Å²) in [7, 11) is 1.60. The van der Waals surface area contributed by atoms with Crippen LogP contribution in [0.25, 0.3) is 0 Å². The second kappa shape index (κ2) is 6.52. The Morgan fingerprint density at radius 2 is 1.94 bits per heavy atom. The second-order valence-electron chi connectivity index (χ2n) is 3.68. The molecule has 92 valence electrons. The first kappa shape index (κ1) is 13.0. The van der Waals surface area contributed by atoms with Crippen LogP contribution in [-0.2, 0) is 9.59 Å². The Morgan fingerprint density at radius 1 is 1.29 bits per heavy atom. The van der Waals surface area contributed by atoms with Gasteiger partial charge in [0.1, 0.15) is 0 Å². The van der Waals surface area contributed by atoms with Crippen LogP contribution in [0, 0.1) is 0 Å². The SMILES string of the molecule is CN(CCC(=O)O)C(=O)CNc1ccccc1. The maximum atomic E-state index is 11.6. The van der Waals surface area contributed by atoms with E-state index in [4.69, 9.17) is 5.11 Å². The molecule has 0 aliphatic rings. The van der Waals surface area contributed by atoms with E-state index in [-0.39, 0.29) is 25.4 Å². The number of rotatable bonds is 6. The molecule has 5 heteroatoms. The first-order valence-corrected chi connectivity index (χ1v) is 5.34. The fraction of sp³-hybridized carbons (Fsp3) is 0.333. The van der Waals surface area contributed by atoms with Crippen molar-refractivity contribution in [1.82, 2.24) is 4.90 Å². The van der Waals surface area contributed by atoms with Gasteiger partial charge in [-0.2, -0.15) is 0 Å². The molecule has 2 N–H and O–H groups in total.